The number of carbonyl (C=O) groups excluding carboxylic acids is 1. The molecule has 5 nitrogen and oxygen atoms in total. The standard InChI is InChI=1S/C14H15N3O2/c1-10-8-15-14(18)12-7-13(16-17(10)12)19-9-11-5-3-2-4-6-11/h2-7,10H,8-9H2,1H3,(H,15,18). The van der Waals surface area contributed by atoms with Crippen molar-refractivity contribution in [3.8, 4) is 5.88 Å². The molecule has 0 saturated heterocycles. The summed E-state index contributed by atoms with van der Waals surface area (Å²) in [6.07, 6.45) is 0. The third kappa shape index (κ3) is 2.31. The van der Waals surface area contributed by atoms with Crippen molar-refractivity contribution < 1.29 is 9.53 Å². The Labute approximate surface area is 111 Å². The molecule has 3 rings (SSSR count). The van der Waals surface area contributed by atoms with Crippen LogP contribution < -0.4 is 10.1 Å². The number of ether oxygens (including phenoxy) is 1. The summed E-state index contributed by atoms with van der Waals surface area (Å²) in [6, 6.07) is 11.7. The number of carbonyl (C=O) groups is 1. The van der Waals surface area contributed by atoms with E-state index in [0.29, 0.717) is 24.7 Å². The van der Waals surface area contributed by atoms with E-state index in [-0.39, 0.29) is 11.9 Å². The first-order valence-corrected chi connectivity index (χ1v) is 6.28. The quantitative estimate of drug-likeness (QED) is 0.911. The minimum atomic E-state index is -0.0971. The highest BCUT2D eigenvalue weighted by molar-refractivity contribution is 5.93. The zero-order chi connectivity index (χ0) is 13.2. The van der Waals surface area contributed by atoms with Crippen LogP contribution in [0.4, 0.5) is 0 Å². The van der Waals surface area contributed by atoms with Crippen LogP contribution in [-0.2, 0) is 6.61 Å². The minimum absolute atomic E-state index is 0.0971. The Morgan fingerprint density at radius 2 is 2.21 bits per heavy atom. The van der Waals surface area contributed by atoms with E-state index >= 15 is 0 Å². The number of nitrogens with zero attached hydrogens (tertiary/aromatic N) is 2. The molecule has 1 N–H and O–H groups in total. The Balaban J connectivity index is 1.76. The zero-order valence-corrected chi connectivity index (χ0v) is 10.7. The highest BCUT2D eigenvalue weighted by Crippen LogP contribution is 2.20. The van der Waals surface area contributed by atoms with Crippen molar-refractivity contribution in [3.05, 3.63) is 47.7 Å². The van der Waals surface area contributed by atoms with Crippen LogP contribution in [0.2, 0.25) is 0 Å². The van der Waals surface area contributed by atoms with Gasteiger partial charge in [0.2, 0.25) is 5.88 Å². The van der Waals surface area contributed by atoms with Gasteiger partial charge in [-0.2, -0.15) is 0 Å². The maximum absolute atomic E-state index is 11.7. The molecule has 0 fully saturated rings. The van der Waals surface area contributed by atoms with E-state index in [1.807, 2.05) is 37.3 Å². The van der Waals surface area contributed by atoms with E-state index in [4.69, 9.17) is 4.74 Å². The van der Waals surface area contributed by atoms with Gasteiger partial charge >= 0.3 is 0 Å². The van der Waals surface area contributed by atoms with Crippen molar-refractivity contribution in [2.24, 2.45) is 0 Å². The maximum atomic E-state index is 11.7. The van der Waals surface area contributed by atoms with E-state index in [0.717, 1.165) is 5.56 Å². The fraction of sp³-hybridized carbons (Fsp3) is 0.286. The molecule has 0 spiro atoms. The Hall–Kier alpha value is -2.30. The molecule has 1 aliphatic heterocycles. The molecular weight excluding hydrogens is 242 g/mol. The Bertz CT molecular complexity index is 592. The molecule has 5 heteroatoms. The summed E-state index contributed by atoms with van der Waals surface area (Å²) in [4.78, 5) is 11.7. The second-order valence-corrected chi connectivity index (χ2v) is 4.65. The van der Waals surface area contributed by atoms with Gasteiger partial charge in [0.15, 0.2) is 0 Å². The highest BCUT2D eigenvalue weighted by Gasteiger charge is 2.24. The number of fused-ring (bicyclic) bond motifs is 1. The molecule has 0 radical (unpaired) electrons. The van der Waals surface area contributed by atoms with E-state index in [1.54, 1.807) is 10.7 Å². The topological polar surface area (TPSA) is 56.1 Å². The average molecular weight is 257 g/mol. The van der Waals surface area contributed by atoms with Crippen LogP contribution in [0.1, 0.15) is 29.0 Å². The Kier molecular flexibility index (Phi) is 2.95. The summed E-state index contributed by atoms with van der Waals surface area (Å²) in [7, 11) is 0. The molecule has 1 aliphatic rings. The molecule has 0 aliphatic carbocycles. The van der Waals surface area contributed by atoms with Crippen LogP contribution in [0.15, 0.2) is 36.4 Å². The second-order valence-electron chi connectivity index (χ2n) is 4.65. The maximum Gasteiger partial charge on any atom is 0.269 e. The number of benzene rings is 1. The highest BCUT2D eigenvalue weighted by atomic mass is 16.5. The molecule has 2 heterocycles. The van der Waals surface area contributed by atoms with Crippen molar-refractivity contribution in [2.75, 3.05) is 6.54 Å². The van der Waals surface area contributed by atoms with E-state index in [9.17, 15) is 4.79 Å². The largest absolute Gasteiger partial charge is 0.472 e. The normalized spacial score (nSPS) is 17.7. The number of aromatic nitrogens is 2. The summed E-state index contributed by atoms with van der Waals surface area (Å²) < 4.78 is 7.35. The summed E-state index contributed by atoms with van der Waals surface area (Å²) in [5.74, 6) is 0.392. The van der Waals surface area contributed by atoms with Crippen LogP contribution in [0, 0.1) is 0 Å². The average Bonchev–Trinajstić information content (AvgIpc) is 2.87. The molecule has 1 amide bonds. The molecule has 2 aromatic rings. The monoisotopic (exact) mass is 257 g/mol. The van der Waals surface area contributed by atoms with Crippen molar-refractivity contribution >= 4 is 5.91 Å². The van der Waals surface area contributed by atoms with Crippen molar-refractivity contribution in [1.82, 2.24) is 15.1 Å². The van der Waals surface area contributed by atoms with Crippen molar-refractivity contribution in [2.45, 2.75) is 19.6 Å². The lowest BCUT2D eigenvalue weighted by Crippen LogP contribution is -2.38. The summed E-state index contributed by atoms with van der Waals surface area (Å²) in [6.45, 7) is 3.07. The molecule has 0 saturated carbocycles. The van der Waals surface area contributed by atoms with Crippen LogP contribution >= 0.6 is 0 Å². The van der Waals surface area contributed by atoms with E-state index in [2.05, 4.69) is 10.4 Å². The van der Waals surface area contributed by atoms with Gasteiger partial charge in [-0.05, 0) is 12.5 Å². The third-order valence-electron chi connectivity index (χ3n) is 3.15. The first kappa shape index (κ1) is 11.8. The summed E-state index contributed by atoms with van der Waals surface area (Å²) in [5.41, 5.74) is 1.63. The predicted molar refractivity (Wildman–Crippen MR) is 70.0 cm³/mol. The zero-order valence-electron chi connectivity index (χ0n) is 10.7. The Morgan fingerprint density at radius 3 is 2.95 bits per heavy atom. The van der Waals surface area contributed by atoms with E-state index in [1.165, 1.54) is 0 Å². The fourth-order valence-electron chi connectivity index (χ4n) is 2.10. The molecule has 98 valence electrons. The molecule has 1 atom stereocenters. The van der Waals surface area contributed by atoms with Gasteiger partial charge in [-0.1, -0.05) is 30.3 Å². The minimum Gasteiger partial charge on any atom is -0.472 e. The molecule has 1 unspecified atom stereocenters. The molecule has 1 aromatic heterocycles. The first-order chi connectivity index (χ1) is 9.24. The van der Waals surface area contributed by atoms with Gasteiger partial charge in [-0.15, -0.1) is 5.10 Å². The van der Waals surface area contributed by atoms with Gasteiger partial charge in [0.1, 0.15) is 12.3 Å². The number of nitrogens with one attached hydrogen (secondary N) is 1. The van der Waals surface area contributed by atoms with Gasteiger partial charge in [-0.25, -0.2) is 0 Å². The van der Waals surface area contributed by atoms with E-state index < -0.39 is 0 Å². The molecular formula is C14H15N3O2. The molecule has 0 bridgehead atoms. The summed E-state index contributed by atoms with van der Waals surface area (Å²) in [5, 5.41) is 7.15. The fourth-order valence-corrected chi connectivity index (χ4v) is 2.10. The Morgan fingerprint density at radius 1 is 1.42 bits per heavy atom. The number of amides is 1. The van der Waals surface area contributed by atoms with Crippen LogP contribution in [-0.4, -0.2) is 22.2 Å². The number of rotatable bonds is 3. The third-order valence-corrected chi connectivity index (χ3v) is 3.15. The second kappa shape index (κ2) is 4.76. The molecule has 1 aromatic carbocycles. The lowest BCUT2D eigenvalue weighted by atomic mass is 10.2. The van der Waals surface area contributed by atoms with Gasteiger partial charge in [-0.3, -0.25) is 9.48 Å². The predicted octanol–water partition coefficient (Wildman–Crippen LogP) is 1.77. The molecule has 19 heavy (non-hydrogen) atoms. The summed E-state index contributed by atoms with van der Waals surface area (Å²) >= 11 is 0. The van der Waals surface area contributed by atoms with Crippen molar-refractivity contribution in [1.29, 1.82) is 0 Å². The number of hydrogen-bond donors (Lipinski definition) is 1. The van der Waals surface area contributed by atoms with Crippen LogP contribution in [0.3, 0.4) is 0 Å². The van der Waals surface area contributed by atoms with Crippen LogP contribution in [0.5, 0.6) is 5.88 Å². The van der Waals surface area contributed by atoms with Gasteiger partial charge < -0.3 is 10.1 Å². The lowest BCUT2D eigenvalue weighted by molar-refractivity contribution is 0.0912. The number of hydrogen-bond acceptors (Lipinski definition) is 3. The SMILES string of the molecule is CC1CNC(=O)c2cc(OCc3ccccc3)nn21. The van der Waals surface area contributed by atoms with Gasteiger partial charge in [0.05, 0.1) is 6.04 Å². The van der Waals surface area contributed by atoms with Crippen LogP contribution in [0.25, 0.3) is 0 Å². The van der Waals surface area contributed by atoms with Gasteiger partial charge in [0, 0.05) is 12.6 Å². The first-order valence-electron chi connectivity index (χ1n) is 6.28. The van der Waals surface area contributed by atoms with Crippen molar-refractivity contribution in [3.63, 3.8) is 0 Å². The van der Waals surface area contributed by atoms with Gasteiger partial charge in [0.25, 0.3) is 5.91 Å². The lowest BCUT2D eigenvalue weighted by Gasteiger charge is -2.20. The smallest absolute Gasteiger partial charge is 0.269 e.